The number of rotatable bonds is 2. The standard InChI is InChI=1S/C21H24F4N4O/c1-12-6-14(21(23,24)25)8-18(30)19(12)17-7-13-4-3-5-29(20(13)27-26-17)16-9-15(22)10-28(2)11-16/h6-8,15-16,30H,3-5,9-11H2,1-2H3/t15-,16-/m1/s1. The van der Waals surface area contributed by atoms with Crippen molar-refractivity contribution in [3.8, 4) is 17.0 Å². The molecule has 1 aromatic carbocycles. The lowest BCUT2D eigenvalue weighted by Crippen LogP contribution is -2.52. The van der Waals surface area contributed by atoms with Crippen molar-refractivity contribution in [3.63, 3.8) is 0 Å². The highest BCUT2D eigenvalue weighted by molar-refractivity contribution is 5.72. The molecule has 0 radical (unpaired) electrons. The number of halogens is 4. The van der Waals surface area contributed by atoms with Crippen LogP contribution in [0.4, 0.5) is 23.4 Å². The number of fused-ring (bicyclic) bond motifs is 1. The van der Waals surface area contributed by atoms with E-state index in [1.54, 1.807) is 6.07 Å². The summed E-state index contributed by atoms with van der Waals surface area (Å²) in [6.45, 7) is 3.43. The molecule has 0 saturated carbocycles. The van der Waals surface area contributed by atoms with Gasteiger partial charge in [-0.1, -0.05) is 0 Å². The van der Waals surface area contributed by atoms with Crippen LogP contribution in [-0.4, -0.2) is 59.1 Å². The highest BCUT2D eigenvalue weighted by Gasteiger charge is 2.34. The van der Waals surface area contributed by atoms with Gasteiger partial charge in [0, 0.05) is 37.7 Å². The molecule has 2 aliphatic heterocycles. The molecule has 0 unspecified atom stereocenters. The Bertz CT molecular complexity index is 916. The zero-order valence-electron chi connectivity index (χ0n) is 16.9. The second kappa shape index (κ2) is 7.68. The Balaban J connectivity index is 1.68. The monoisotopic (exact) mass is 424 g/mol. The Hall–Kier alpha value is -2.42. The lowest BCUT2D eigenvalue weighted by atomic mass is 9.96. The molecule has 1 N–H and O–H groups in total. The van der Waals surface area contributed by atoms with Gasteiger partial charge in [0.25, 0.3) is 0 Å². The first-order valence-electron chi connectivity index (χ1n) is 10.0. The number of aryl methyl sites for hydroxylation is 2. The summed E-state index contributed by atoms with van der Waals surface area (Å²) in [5, 5.41) is 18.9. The van der Waals surface area contributed by atoms with Gasteiger partial charge >= 0.3 is 6.18 Å². The zero-order valence-corrected chi connectivity index (χ0v) is 16.9. The maximum Gasteiger partial charge on any atom is 0.416 e. The van der Waals surface area contributed by atoms with E-state index in [0.717, 1.165) is 43.6 Å². The van der Waals surface area contributed by atoms with Gasteiger partial charge < -0.3 is 14.9 Å². The largest absolute Gasteiger partial charge is 0.507 e. The highest BCUT2D eigenvalue weighted by Crippen LogP contribution is 2.39. The summed E-state index contributed by atoms with van der Waals surface area (Å²) in [7, 11) is 1.90. The Morgan fingerprint density at radius 1 is 1.13 bits per heavy atom. The van der Waals surface area contributed by atoms with E-state index in [1.807, 2.05) is 11.9 Å². The van der Waals surface area contributed by atoms with E-state index in [9.17, 15) is 22.7 Å². The van der Waals surface area contributed by atoms with E-state index >= 15 is 0 Å². The average Bonchev–Trinajstić information content (AvgIpc) is 2.65. The number of aromatic hydroxyl groups is 1. The Morgan fingerprint density at radius 3 is 2.57 bits per heavy atom. The van der Waals surface area contributed by atoms with Crippen molar-refractivity contribution in [3.05, 3.63) is 34.9 Å². The smallest absolute Gasteiger partial charge is 0.416 e. The number of hydrogen-bond acceptors (Lipinski definition) is 5. The fraction of sp³-hybridized carbons (Fsp3) is 0.524. The number of likely N-dealkylation sites (tertiary alicyclic amines) is 1. The third-order valence-corrected chi connectivity index (χ3v) is 5.87. The van der Waals surface area contributed by atoms with Crippen molar-refractivity contribution in [1.82, 2.24) is 15.1 Å². The zero-order chi connectivity index (χ0) is 21.6. The molecule has 2 atom stereocenters. The quantitative estimate of drug-likeness (QED) is 0.740. The summed E-state index contributed by atoms with van der Waals surface area (Å²) < 4.78 is 53.1. The SMILES string of the molecule is Cc1cc(C(F)(F)F)cc(O)c1-c1cc2c(nn1)N([C@@H]1C[C@@H](F)CN(C)C1)CCC2. The van der Waals surface area contributed by atoms with Crippen LogP contribution < -0.4 is 4.90 Å². The minimum absolute atomic E-state index is 0.000780. The number of alkyl halides is 4. The van der Waals surface area contributed by atoms with Gasteiger partial charge in [-0.15, -0.1) is 10.2 Å². The Morgan fingerprint density at radius 2 is 1.90 bits per heavy atom. The first-order chi connectivity index (χ1) is 14.1. The van der Waals surface area contributed by atoms with Crippen LogP contribution in [0.5, 0.6) is 5.75 Å². The van der Waals surface area contributed by atoms with Crippen LogP contribution in [0.3, 0.4) is 0 Å². The second-order valence-electron chi connectivity index (χ2n) is 8.27. The van der Waals surface area contributed by atoms with Crippen molar-refractivity contribution >= 4 is 5.82 Å². The maximum absolute atomic E-state index is 14.1. The van der Waals surface area contributed by atoms with E-state index in [2.05, 4.69) is 15.1 Å². The van der Waals surface area contributed by atoms with Gasteiger partial charge in [-0.3, -0.25) is 0 Å². The van der Waals surface area contributed by atoms with Crippen LogP contribution in [0.15, 0.2) is 18.2 Å². The first kappa shape index (κ1) is 20.8. The minimum atomic E-state index is -4.54. The molecule has 2 aromatic rings. The molecule has 4 rings (SSSR count). The van der Waals surface area contributed by atoms with Crippen LogP contribution >= 0.6 is 0 Å². The number of hydrogen-bond donors (Lipinski definition) is 1. The van der Waals surface area contributed by atoms with Crippen molar-refractivity contribution in [1.29, 1.82) is 0 Å². The van der Waals surface area contributed by atoms with Gasteiger partial charge in [0.1, 0.15) is 11.9 Å². The van der Waals surface area contributed by atoms with Gasteiger partial charge in [-0.2, -0.15) is 13.2 Å². The van der Waals surface area contributed by atoms with E-state index in [4.69, 9.17) is 0 Å². The molecular weight excluding hydrogens is 400 g/mol. The van der Waals surface area contributed by atoms with Crippen LogP contribution in [-0.2, 0) is 12.6 Å². The number of phenolic OH excluding ortho intramolecular Hbond substituents is 1. The lowest BCUT2D eigenvalue weighted by molar-refractivity contribution is -0.137. The molecular formula is C21H24F4N4O. The fourth-order valence-electron chi connectivity index (χ4n) is 4.58. The van der Waals surface area contributed by atoms with Crippen molar-refractivity contribution in [2.24, 2.45) is 0 Å². The van der Waals surface area contributed by atoms with Crippen molar-refractivity contribution in [2.45, 2.75) is 44.6 Å². The molecule has 30 heavy (non-hydrogen) atoms. The minimum Gasteiger partial charge on any atom is -0.507 e. The number of nitrogens with zero attached hydrogens (tertiary/aromatic N) is 4. The summed E-state index contributed by atoms with van der Waals surface area (Å²) in [6, 6.07) is 3.50. The summed E-state index contributed by atoms with van der Waals surface area (Å²) in [5.41, 5.74) is 0.868. The van der Waals surface area contributed by atoms with Gasteiger partial charge in [0.15, 0.2) is 5.82 Å². The normalized spacial score (nSPS) is 22.8. The Labute approximate surface area is 172 Å². The van der Waals surface area contributed by atoms with E-state index in [1.165, 1.54) is 6.92 Å². The molecule has 0 aliphatic carbocycles. The highest BCUT2D eigenvalue weighted by atomic mass is 19.4. The first-order valence-corrected chi connectivity index (χ1v) is 10.0. The van der Waals surface area contributed by atoms with Gasteiger partial charge in [0.2, 0.25) is 0 Å². The molecule has 2 aliphatic rings. The third-order valence-electron chi connectivity index (χ3n) is 5.87. The molecule has 1 aromatic heterocycles. The van der Waals surface area contributed by atoms with Crippen molar-refractivity contribution < 1.29 is 22.7 Å². The maximum atomic E-state index is 14.1. The van der Waals surface area contributed by atoms with Crippen LogP contribution in [0.2, 0.25) is 0 Å². The molecule has 1 fully saturated rings. The number of anilines is 1. The van der Waals surface area contributed by atoms with Crippen LogP contribution in [0.25, 0.3) is 11.3 Å². The molecule has 1 saturated heterocycles. The third kappa shape index (κ3) is 3.95. The van der Waals surface area contributed by atoms with Crippen LogP contribution in [0, 0.1) is 6.92 Å². The topological polar surface area (TPSA) is 52.5 Å². The predicted octanol–water partition coefficient (Wildman–Crippen LogP) is 3.97. The summed E-state index contributed by atoms with van der Waals surface area (Å²) in [4.78, 5) is 4.07. The number of benzene rings is 1. The van der Waals surface area contributed by atoms with E-state index < -0.39 is 23.7 Å². The summed E-state index contributed by atoms with van der Waals surface area (Å²) >= 11 is 0. The summed E-state index contributed by atoms with van der Waals surface area (Å²) in [5.74, 6) is 0.222. The molecule has 0 bridgehead atoms. The lowest BCUT2D eigenvalue weighted by Gasteiger charge is -2.42. The van der Waals surface area contributed by atoms with Crippen molar-refractivity contribution in [2.75, 3.05) is 31.6 Å². The number of aromatic nitrogens is 2. The molecule has 5 nitrogen and oxygen atoms in total. The van der Waals surface area contributed by atoms with Crippen LogP contribution in [0.1, 0.15) is 29.5 Å². The molecule has 9 heteroatoms. The number of phenols is 1. The fourth-order valence-corrected chi connectivity index (χ4v) is 4.58. The Kier molecular flexibility index (Phi) is 5.34. The van der Waals surface area contributed by atoms with Gasteiger partial charge in [-0.05, 0) is 56.1 Å². The predicted molar refractivity (Wildman–Crippen MR) is 105 cm³/mol. The van der Waals surface area contributed by atoms with E-state index in [0.29, 0.717) is 24.5 Å². The molecule has 3 heterocycles. The van der Waals surface area contributed by atoms with E-state index in [-0.39, 0.29) is 17.2 Å². The van der Waals surface area contributed by atoms with Gasteiger partial charge in [0.05, 0.1) is 11.3 Å². The molecule has 162 valence electrons. The number of piperidine rings is 1. The number of likely N-dealkylation sites (N-methyl/N-ethyl adjacent to an activating group) is 1. The average molecular weight is 424 g/mol. The summed E-state index contributed by atoms with van der Waals surface area (Å²) in [6.07, 6.45) is -3.38. The molecule has 0 spiro atoms. The molecule has 0 amide bonds. The second-order valence-corrected chi connectivity index (χ2v) is 8.27. The van der Waals surface area contributed by atoms with Gasteiger partial charge in [-0.25, -0.2) is 4.39 Å².